The Hall–Kier alpha value is -1.40. The number of unbranched alkanes of at least 4 members (excludes halogenated alkanes) is 1. The van der Waals surface area contributed by atoms with E-state index in [9.17, 15) is 13.2 Å². The lowest BCUT2D eigenvalue weighted by Crippen LogP contribution is -2.25. The third kappa shape index (κ3) is 6.73. The molecule has 0 saturated carbocycles. The Morgan fingerprint density at radius 1 is 1.24 bits per heavy atom. The highest BCUT2D eigenvalue weighted by Crippen LogP contribution is 2.11. The molecule has 1 rings (SSSR count). The van der Waals surface area contributed by atoms with Crippen LogP contribution in [0.2, 0.25) is 0 Å². The van der Waals surface area contributed by atoms with Crippen LogP contribution in [-0.2, 0) is 14.6 Å². The van der Waals surface area contributed by atoms with Crippen LogP contribution in [0.5, 0.6) is 0 Å². The van der Waals surface area contributed by atoms with Crippen LogP contribution < -0.4 is 5.32 Å². The van der Waals surface area contributed by atoms with Crippen molar-refractivity contribution in [1.82, 2.24) is 5.32 Å². The maximum Gasteiger partial charge on any atom is 0.251 e. The summed E-state index contributed by atoms with van der Waals surface area (Å²) in [6.07, 6.45) is 4.01. The first-order valence-corrected chi connectivity index (χ1v) is 9.00. The summed E-state index contributed by atoms with van der Waals surface area (Å²) in [4.78, 5) is 12.1. The average molecular weight is 313 g/mol. The van der Waals surface area contributed by atoms with E-state index in [1.165, 1.54) is 12.1 Å². The summed E-state index contributed by atoms with van der Waals surface area (Å²) in [6.45, 7) is 3.98. The molecule has 0 radical (unpaired) electrons. The Bertz CT molecular complexity index is 555. The predicted molar refractivity (Wildman–Crippen MR) is 82.2 cm³/mol. The molecule has 0 aliphatic heterocycles. The van der Waals surface area contributed by atoms with Crippen LogP contribution >= 0.6 is 0 Å². The highest BCUT2D eigenvalue weighted by molar-refractivity contribution is 7.90. The van der Waals surface area contributed by atoms with Gasteiger partial charge in [-0.25, -0.2) is 8.42 Å². The smallest absolute Gasteiger partial charge is 0.251 e. The number of carbonyl (C=O) groups excluding carboxylic acids is 1. The fraction of sp³-hybridized carbons (Fsp3) is 0.533. The molecule has 0 saturated heterocycles. The van der Waals surface area contributed by atoms with Gasteiger partial charge in [0.15, 0.2) is 9.84 Å². The summed E-state index contributed by atoms with van der Waals surface area (Å²) in [7, 11) is -3.30. The molecule has 0 bridgehead atoms. The Morgan fingerprint density at radius 3 is 2.62 bits per heavy atom. The van der Waals surface area contributed by atoms with Gasteiger partial charge in [0.25, 0.3) is 5.91 Å². The van der Waals surface area contributed by atoms with E-state index in [-0.39, 0.29) is 10.8 Å². The number of benzene rings is 1. The lowest BCUT2D eigenvalue weighted by atomic mass is 10.2. The molecule has 0 aliphatic rings. The van der Waals surface area contributed by atoms with Gasteiger partial charge in [-0.05, 0) is 31.0 Å². The molecule has 0 fully saturated rings. The molecule has 0 unspecified atom stereocenters. The Morgan fingerprint density at radius 2 is 1.95 bits per heavy atom. The molecule has 1 aromatic rings. The number of hydrogen-bond acceptors (Lipinski definition) is 4. The lowest BCUT2D eigenvalue weighted by molar-refractivity contribution is 0.0940. The van der Waals surface area contributed by atoms with Crippen molar-refractivity contribution in [3.63, 3.8) is 0 Å². The van der Waals surface area contributed by atoms with Crippen molar-refractivity contribution in [3.8, 4) is 0 Å². The first kappa shape index (κ1) is 17.7. The maximum absolute atomic E-state index is 11.9. The molecule has 0 aliphatic carbocycles. The van der Waals surface area contributed by atoms with Gasteiger partial charge >= 0.3 is 0 Å². The second-order valence-electron chi connectivity index (χ2n) is 4.88. The second-order valence-corrected chi connectivity index (χ2v) is 6.89. The molecule has 0 spiro atoms. The van der Waals surface area contributed by atoms with Gasteiger partial charge in [0.05, 0.1) is 4.90 Å². The number of hydrogen-bond donors (Lipinski definition) is 1. The molecule has 1 amide bonds. The highest BCUT2D eigenvalue weighted by Gasteiger charge is 2.11. The van der Waals surface area contributed by atoms with Gasteiger partial charge in [-0.1, -0.05) is 19.4 Å². The van der Waals surface area contributed by atoms with Crippen molar-refractivity contribution in [1.29, 1.82) is 0 Å². The normalized spacial score (nSPS) is 11.3. The largest absolute Gasteiger partial charge is 0.381 e. The quantitative estimate of drug-likeness (QED) is 0.708. The number of ether oxygens (including phenoxy) is 1. The predicted octanol–water partition coefficient (Wildman–Crippen LogP) is 2.03. The Kier molecular flexibility index (Phi) is 7.39. The summed E-state index contributed by atoms with van der Waals surface area (Å²) in [5, 5.41) is 2.75. The fourth-order valence-corrected chi connectivity index (χ4v) is 2.36. The number of carbonyl (C=O) groups is 1. The summed E-state index contributed by atoms with van der Waals surface area (Å²) >= 11 is 0. The number of sulfone groups is 1. The molecular weight excluding hydrogens is 290 g/mol. The molecule has 6 heteroatoms. The number of nitrogens with one attached hydrogen (secondary N) is 1. The number of amides is 1. The van der Waals surface area contributed by atoms with Gasteiger partial charge in [0, 0.05) is 31.6 Å². The minimum atomic E-state index is -3.30. The zero-order valence-corrected chi connectivity index (χ0v) is 13.4. The average Bonchev–Trinajstić information content (AvgIpc) is 2.45. The zero-order chi connectivity index (χ0) is 15.7. The van der Waals surface area contributed by atoms with E-state index in [1.807, 2.05) is 0 Å². The summed E-state index contributed by atoms with van der Waals surface area (Å²) in [6, 6.07) is 6.04. The second kappa shape index (κ2) is 8.79. The monoisotopic (exact) mass is 313 g/mol. The van der Waals surface area contributed by atoms with Crippen LogP contribution in [0.15, 0.2) is 29.2 Å². The SMILES string of the molecule is CCCCOCCCNC(=O)c1cccc(S(C)(=O)=O)c1. The van der Waals surface area contributed by atoms with Gasteiger partial charge in [-0.3, -0.25) is 4.79 Å². The molecular formula is C15H23NO4S. The van der Waals surface area contributed by atoms with Crippen LogP contribution in [0.1, 0.15) is 36.5 Å². The Labute approximate surface area is 126 Å². The fourth-order valence-electron chi connectivity index (χ4n) is 1.69. The van der Waals surface area contributed by atoms with E-state index in [0.29, 0.717) is 18.7 Å². The van der Waals surface area contributed by atoms with E-state index >= 15 is 0 Å². The lowest BCUT2D eigenvalue weighted by Gasteiger charge is -2.07. The van der Waals surface area contributed by atoms with Crippen molar-refractivity contribution in [2.45, 2.75) is 31.1 Å². The summed E-state index contributed by atoms with van der Waals surface area (Å²) < 4.78 is 28.3. The van der Waals surface area contributed by atoms with Gasteiger partial charge in [0.2, 0.25) is 0 Å². The van der Waals surface area contributed by atoms with Gasteiger partial charge in [0.1, 0.15) is 0 Å². The van der Waals surface area contributed by atoms with Crippen molar-refractivity contribution in [3.05, 3.63) is 29.8 Å². The minimum Gasteiger partial charge on any atom is -0.381 e. The van der Waals surface area contributed by atoms with Crippen molar-refractivity contribution < 1.29 is 17.9 Å². The van der Waals surface area contributed by atoms with E-state index in [1.54, 1.807) is 12.1 Å². The molecule has 0 aromatic heterocycles. The summed E-state index contributed by atoms with van der Waals surface area (Å²) in [5.41, 5.74) is 0.352. The third-order valence-corrected chi connectivity index (χ3v) is 4.03. The molecule has 0 atom stereocenters. The van der Waals surface area contributed by atoms with Gasteiger partial charge in [-0.2, -0.15) is 0 Å². The topological polar surface area (TPSA) is 72.5 Å². The summed E-state index contributed by atoms with van der Waals surface area (Å²) in [5.74, 6) is -0.269. The molecule has 0 heterocycles. The van der Waals surface area contributed by atoms with Gasteiger partial charge < -0.3 is 10.1 Å². The van der Waals surface area contributed by atoms with E-state index in [2.05, 4.69) is 12.2 Å². The maximum atomic E-state index is 11.9. The molecule has 118 valence electrons. The van der Waals surface area contributed by atoms with Crippen molar-refractivity contribution >= 4 is 15.7 Å². The number of rotatable bonds is 9. The minimum absolute atomic E-state index is 0.151. The van der Waals surface area contributed by atoms with Crippen molar-refractivity contribution in [2.75, 3.05) is 26.0 Å². The zero-order valence-electron chi connectivity index (χ0n) is 12.6. The van der Waals surface area contributed by atoms with Crippen LogP contribution in [0.3, 0.4) is 0 Å². The Balaban J connectivity index is 2.39. The van der Waals surface area contributed by atoms with Crippen molar-refractivity contribution in [2.24, 2.45) is 0 Å². The first-order chi connectivity index (χ1) is 9.95. The van der Waals surface area contributed by atoms with Crippen LogP contribution in [0.25, 0.3) is 0 Å². The van der Waals surface area contributed by atoms with E-state index in [4.69, 9.17) is 4.74 Å². The molecule has 21 heavy (non-hydrogen) atoms. The van der Waals surface area contributed by atoms with Crippen LogP contribution in [-0.4, -0.2) is 40.3 Å². The molecule has 5 nitrogen and oxygen atoms in total. The van der Waals surface area contributed by atoms with Crippen LogP contribution in [0.4, 0.5) is 0 Å². The first-order valence-electron chi connectivity index (χ1n) is 7.11. The highest BCUT2D eigenvalue weighted by atomic mass is 32.2. The van der Waals surface area contributed by atoms with Gasteiger partial charge in [-0.15, -0.1) is 0 Å². The van der Waals surface area contributed by atoms with E-state index < -0.39 is 9.84 Å². The van der Waals surface area contributed by atoms with Crippen LogP contribution in [0, 0.1) is 0 Å². The molecule has 1 aromatic carbocycles. The molecule has 1 N–H and O–H groups in total. The van der Waals surface area contributed by atoms with E-state index in [0.717, 1.165) is 32.1 Å². The third-order valence-electron chi connectivity index (χ3n) is 2.92. The standard InChI is InChI=1S/C15H23NO4S/c1-3-4-10-20-11-6-9-16-15(17)13-7-5-8-14(12-13)21(2,18)19/h5,7-8,12H,3-4,6,9-11H2,1-2H3,(H,16,17).